The fraction of sp³-hybridized carbons (Fsp3) is 0.421. The number of aromatic nitrogens is 4. The Bertz CT molecular complexity index is 828. The van der Waals surface area contributed by atoms with E-state index in [0.29, 0.717) is 0 Å². The standard InChI is InChI=1S/C19H24N6/c1-2-11-23-12-6-13-24(15-14-23)18-10-9-17-20-21-19(25(17)22-18)16-7-4-3-5-8-16/h3-5,7-10H,2,6,11-15H2,1H3. The molecule has 3 heterocycles. The van der Waals surface area contributed by atoms with Gasteiger partial charge in [-0.15, -0.1) is 15.3 Å². The molecule has 0 unspecified atom stereocenters. The molecule has 25 heavy (non-hydrogen) atoms. The molecule has 6 nitrogen and oxygen atoms in total. The van der Waals surface area contributed by atoms with Gasteiger partial charge in [0, 0.05) is 25.2 Å². The molecule has 0 bridgehead atoms. The van der Waals surface area contributed by atoms with Crippen LogP contribution in [0.1, 0.15) is 19.8 Å². The Hall–Kier alpha value is -2.47. The molecule has 2 aromatic heterocycles. The van der Waals surface area contributed by atoms with Gasteiger partial charge in [-0.1, -0.05) is 37.3 Å². The minimum absolute atomic E-state index is 0.782. The first-order valence-corrected chi connectivity index (χ1v) is 9.10. The van der Waals surface area contributed by atoms with Gasteiger partial charge < -0.3 is 9.80 Å². The van der Waals surface area contributed by atoms with Gasteiger partial charge in [-0.05, 0) is 38.1 Å². The van der Waals surface area contributed by atoms with Crippen molar-refractivity contribution >= 4 is 11.5 Å². The quantitative estimate of drug-likeness (QED) is 0.733. The van der Waals surface area contributed by atoms with E-state index in [1.165, 1.54) is 25.9 Å². The highest BCUT2D eigenvalue weighted by molar-refractivity contribution is 5.59. The largest absolute Gasteiger partial charge is 0.354 e. The van der Waals surface area contributed by atoms with Gasteiger partial charge in [0.2, 0.25) is 0 Å². The zero-order valence-corrected chi connectivity index (χ0v) is 14.7. The first-order valence-electron chi connectivity index (χ1n) is 9.10. The minimum atomic E-state index is 0.782. The molecule has 1 aliphatic rings. The van der Waals surface area contributed by atoms with Gasteiger partial charge >= 0.3 is 0 Å². The van der Waals surface area contributed by atoms with E-state index in [4.69, 9.17) is 5.10 Å². The van der Waals surface area contributed by atoms with Crippen molar-refractivity contribution in [2.24, 2.45) is 0 Å². The van der Waals surface area contributed by atoms with E-state index in [1.807, 2.05) is 40.9 Å². The minimum Gasteiger partial charge on any atom is -0.354 e. The van der Waals surface area contributed by atoms with Crippen molar-refractivity contribution < 1.29 is 0 Å². The van der Waals surface area contributed by atoms with Crippen LogP contribution in [0.15, 0.2) is 42.5 Å². The van der Waals surface area contributed by atoms with Gasteiger partial charge in [0.15, 0.2) is 11.5 Å². The zero-order valence-electron chi connectivity index (χ0n) is 14.7. The Morgan fingerprint density at radius 2 is 1.80 bits per heavy atom. The lowest BCUT2D eigenvalue weighted by atomic mass is 10.2. The molecule has 0 aliphatic carbocycles. The summed E-state index contributed by atoms with van der Waals surface area (Å²) < 4.78 is 1.86. The summed E-state index contributed by atoms with van der Waals surface area (Å²) in [4.78, 5) is 4.93. The summed E-state index contributed by atoms with van der Waals surface area (Å²) >= 11 is 0. The van der Waals surface area contributed by atoms with Crippen molar-refractivity contribution in [1.29, 1.82) is 0 Å². The first kappa shape index (κ1) is 16.0. The van der Waals surface area contributed by atoms with E-state index in [9.17, 15) is 0 Å². The van der Waals surface area contributed by atoms with Gasteiger partial charge in [-0.3, -0.25) is 0 Å². The summed E-state index contributed by atoms with van der Waals surface area (Å²) in [5, 5.41) is 13.4. The average molecular weight is 336 g/mol. The zero-order chi connectivity index (χ0) is 17.1. The van der Waals surface area contributed by atoms with Gasteiger partial charge in [-0.2, -0.15) is 4.52 Å². The van der Waals surface area contributed by atoms with E-state index in [2.05, 4.69) is 33.0 Å². The summed E-state index contributed by atoms with van der Waals surface area (Å²) in [7, 11) is 0. The lowest BCUT2D eigenvalue weighted by Gasteiger charge is -2.22. The molecule has 0 atom stereocenters. The maximum absolute atomic E-state index is 4.85. The van der Waals surface area contributed by atoms with Crippen molar-refractivity contribution in [1.82, 2.24) is 24.7 Å². The lowest BCUT2D eigenvalue weighted by molar-refractivity contribution is 0.294. The maximum atomic E-state index is 4.85. The van der Waals surface area contributed by atoms with E-state index in [-0.39, 0.29) is 0 Å². The predicted molar refractivity (Wildman–Crippen MR) is 99.8 cm³/mol. The smallest absolute Gasteiger partial charge is 0.185 e. The van der Waals surface area contributed by atoms with E-state index >= 15 is 0 Å². The van der Waals surface area contributed by atoms with Gasteiger partial charge in [0.25, 0.3) is 0 Å². The van der Waals surface area contributed by atoms with Crippen molar-refractivity contribution in [3.8, 4) is 11.4 Å². The van der Waals surface area contributed by atoms with E-state index in [0.717, 1.165) is 42.5 Å². The average Bonchev–Trinajstić information content (AvgIpc) is 2.94. The summed E-state index contributed by atoms with van der Waals surface area (Å²) in [5.74, 6) is 1.79. The van der Waals surface area contributed by atoms with E-state index < -0.39 is 0 Å². The van der Waals surface area contributed by atoms with Crippen LogP contribution in [0.4, 0.5) is 5.82 Å². The maximum Gasteiger partial charge on any atom is 0.185 e. The second-order valence-corrected chi connectivity index (χ2v) is 6.53. The molecule has 6 heteroatoms. The lowest BCUT2D eigenvalue weighted by Crippen LogP contribution is -2.31. The van der Waals surface area contributed by atoms with Crippen LogP contribution in [0.3, 0.4) is 0 Å². The Balaban J connectivity index is 1.62. The van der Waals surface area contributed by atoms with Crippen molar-refractivity contribution in [2.75, 3.05) is 37.6 Å². The molecule has 1 aliphatic heterocycles. The van der Waals surface area contributed by atoms with Gasteiger partial charge in [0.1, 0.15) is 5.82 Å². The van der Waals surface area contributed by atoms with Crippen molar-refractivity contribution in [3.63, 3.8) is 0 Å². The molecule has 0 saturated carbocycles. The van der Waals surface area contributed by atoms with Crippen LogP contribution < -0.4 is 4.90 Å². The van der Waals surface area contributed by atoms with Gasteiger partial charge in [0.05, 0.1) is 0 Å². The number of fused-ring (bicyclic) bond motifs is 1. The Kier molecular flexibility index (Phi) is 4.61. The highest BCUT2D eigenvalue weighted by Gasteiger charge is 2.17. The van der Waals surface area contributed by atoms with Crippen molar-refractivity contribution in [3.05, 3.63) is 42.5 Å². The second kappa shape index (κ2) is 7.19. The molecule has 0 spiro atoms. The third kappa shape index (κ3) is 3.35. The number of nitrogens with zero attached hydrogens (tertiary/aromatic N) is 6. The molecule has 4 rings (SSSR count). The Morgan fingerprint density at radius 1 is 0.920 bits per heavy atom. The highest BCUT2D eigenvalue weighted by atomic mass is 15.4. The molecule has 0 N–H and O–H groups in total. The third-order valence-electron chi connectivity index (χ3n) is 4.73. The Labute approximate surface area is 148 Å². The normalized spacial score (nSPS) is 16.3. The number of hydrogen-bond donors (Lipinski definition) is 0. The fourth-order valence-electron chi connectivity index (χ4n) is 3.45. The molecule has 1 aromatic carbocycles. The molecular weight excluding hydrogens is 312 g/mol. The summed E-state index contributed by atoms with van der Waals surface area (Å²) in [6, 6.07) is 14.2. The van der Waals surface area contributed by atoms with Crippen LogP contribution in [0.25, 0.3) is 17.0 Å². The van der Waals surface area contributed by atoms with Crippen molar-refractivity contribution in [2.45, 2.75) is 19.8 Å². The first-order chi connectivity index (χ1) is 12.3. The highest BCUT2D eigenvalue weighted by Crippen LogP contribution is 2.20. The van der Waals surface area contributed by atoms with Crippen LogP contribution in [-0.4, -0.2) is 57.4 Å². The molecule has 0 radical (unpaired) electrons. The topological polar surface area (TPSA) is 49.6 Å². The second-order valence-electron chi connectivity index (χ2n) is 6.53. The van der Waals surface area contributed by atoms with Crippen LogP contribution in [0.5, 0.6) is 0 Å². The molecule has 1 fully saturated rings. The Morgan fingerprint density at radius 3 is 2.64 bits per heavy atom. The number of benzene rings is 1. The van der Waals surface area contributed by atoms with Crippen LogP contribution >= 0.6 is 0 Å². The molecule has 0 amide bonds. The SMILES string of the molecule is CCCN1CCCN(c2ccc3nnc(-c4ccccc4)n3n2)CC1. The third-order valence-corrected chi connectivity index (χ3v) is 4.73. The molecule has 1 saturated heterocycles. The molecule has 130 valence electrons. The summed E-state index contributed by atoms with van der Waals surface area (Å²) in [6.45, 7) is 7.76. The number of hydrogen-bond acceptors (Lipinski definition) is 5. The summed E-state index contributed by atoms with van der Waals surface area (Å²) in [6.07, 6.45) is 2.39. The number of anilines is 1. The van der Waals surface area contributed by atoms with Crippen LogP contribution in [0, 0.1) is 0 Å². The fourth-order valence-corrected chi connectivity index (χ4v) is 3.45. The monoisotopic (exact) mass is 336 g/mol. The van der Waals surface area contributed by atoms with E-state index in [1.54, 1.807) is 0 Å². The van der Waals surface area contributed by atoms with Crippen LogP contribution in [0.2, 0.25) is 0 Å². The molecular formula is C19H24N6. The summed E-state index contributed by atoms with van der Waals surface area (Å²) in [5.41, 5.74) is 1.81. The van der Waals surface area contributed by atoms with Crippen LogP contribution in [-0.2, 0) is 0 Å². The van der Waals surface area contributed by atoms with Gasteiger partial charge in [-0.25, -0.2) is 0 Å². The predicted octanol–water partition coefficient (Wildman–Crippen LogP) is 2.71. The number of rotatable bonds is 4. The molecule has 3 aromatic rings.